The van der Waals surface area contributed by atoms with Gasteiger partial charge in [0.2, 0.25) is 5.88 Å². The molecule has 0 radical (unpaired) electrons. The molecule has 1 aromatic heterocycles. The predicted molar refractivity (Wildman–Crippen MR) is 105 cm³/mol. The first-order valence-electron chi connectivity index (χ1n) is 9.31. The molecule has 144 valence electrons. The van der Waals surface area contributed by atoms with E-state index in [1.807, 2.05) is 39.0 Å². The summed E-state index contributed by atoms with van der Waals surface area (Å²) in [6, 6.07) is 11.3. The smallest absolute Gasteiger partial charge is 0.322 e. The number of carbonyl (C=O) groups is 1. The van der Waals surface area contributed by atoms with Crippen molar-refractivity contribution >= 4 is 11.7 Å². The minimum Gasteiger partial charge on any atom is -0.439 e. The Morgan fingerprint density at radius 2 is 2.19 bits per heavy atom. The molecule has 1 N–H and O–H groups in total. The number of urea groups is 1. The van der Waals surface area contributed by atoms with Crippen LogP contribution in [-0.4, -0.2) is 40.7 Å². The Morgan fingerprint density at radius 1 is 1.37 bits per heavy atom. The number of aromatic nitrogens is 1. The number of anilines is 1. The van der Waals surface area contributed by atoms with Gasteiger partial charge in [-0.25, -0.2) is 9.78 Å². The van der Waals surface area contributed by atoms with Gasteiger partial charge in [0.25, 0.3) is 0 Å². The standard InChI is InChI=1S/C21H27N3O3/c1-5-16-7-6-8-18(11-16)26-19-10-9-17(12-22-19)23-20(25)24-13-15(2)27-21(3,4)14-24/h6-12,15H,5,13-14H2,1-4H3,(H,23,25)/t15-/m0/s1. The molecular formula is C21H27N3O3. The Hall–Kier alpha value is -2.60. The van der Waals surface area contributed by atoms with Gasteiger partial charge in [-0.3, -0.25) is 0 Å². The fourth-order valence-corrected chi connectivity index (χ4v) is 3.28. The Balaban J connectivity index is 1.61. The van der Waals surface area contributed by atoms with Crippen LogP contribution in [0.25, 0.3) is 0 Å². The number of rotatable bonds is 4. The second-order valence-electron chi connectivity index (χ2n) is 7.49. The molecule has 0 saturated carbocycles. The quantitative estimate of drug-likeness (QED) is 0.864. The fourth-order valence-electron chi connectivity index (χ4n) is 3.28. The summed E-state index contributed by atoms with van der Waals surface area (Å²) >= 11 is 0. The number of aryl methyl sites for hydroxylation is 1. The van der Waals surface area contributed by atoms with Crippen LogP contribution in [0.1, 0.15) is 33.3 Å². The Bertz CT molecular complexity index is 790. The van der Waals surface area contributed by atoms with E-state index >= 15 is 0 Å². The average molecular weight is 369 g/mol. The van der Waals surface area contributed by atoms with Crippen LogP contribution in [0, 0.1) is 0 Å². The van der Waals surface area contributed by atoms with E-state index in [0.717, 1.165) is 12.2 Å². The molecule has 2 amide bonds. The van der Waals surface area contributed by atoms with Crippen molar-refractivity contribution in [3.05, 3.63) is 48.2 Å². The molecule has 0 spiro atoms. The van der Waals surface area contributed by atoms with Crippen LogP contribution >= 0.6 is 0 Å². The molecule has 1 atom stereocenters. The predicted octanol–water partition coefficient (Wildman–Crippen LogP) is 4.47. The Labute approximate surface area is 160 Å². The topological polar surface area (TPSA) is 63.7 Å². The Morgan fingerprint density at radius 3 is 2.85 bits per heavy atom. The molecule has 1 aliphatic rings. The van der Waals surface area contributed by atoms with Gasteiger partial charge in [-0.2, -0.15) is 0 Å². The Kier molecular flexibility index (Phi) is 5.65. The van der Waals surface area contributed by atoms with Gasteiger partial charge < -0.3 is 19.7 Å². The number of carbonyl (C=O) groups excluding carboxylic acids is 1. The van der Waals surface area contributed by atoms with Crippen molar-refractivity contribution in [2.24, 2.45) is 0 Å². The lowest BCUT2D eigenvalue weighted by atomic mass is 10.1. The first kappa shape index (κ1) is 19.2. The maximum atomic E-state index is 12.5. The summed E-state index contributed by atoms with van der Waals surface area (Å²) in [6.45, 7) is 9.17. The van der Waals surface area contributed by atoms with E-state index < -0.39 is 0 Å². The summed E-state index contributed by atoms with van der Waals surface area (Å²) in [5.41, 5.74) is 1.49. The van der Waals surface area contributed by atoms with Crippen molar-refractivity contribution in [3.63, 3.8) is 0 Å². The van der Waals surface area contributed by atoms with E-state index in [-0.39, 0.29) is 17.7 Å². The van der Waals surface area contributed by atoms with Gasteiger partial charge in [0.1, 0.15) is 5.75 Å². The van der Waals surface area contributed by atoms with Gasteiger partial charge in [-0.05, 0) is 51.0 Å². The third kappa shape index (κ3) is 5.20. The monoisotopic (exact) mass is 369 g/mol. The van der Waals surface area contributed by atoms with Crippen molar-refractivity contribution in [1.82, 2.24) is 9.88 Å². The van der Waals surface area contributed by atoms with E-state index in [9.17, 15) is 4.79 Å². The number of nitrogens with one attached hydrogen (secondary N) is 1. The molecule has 0 aliphatic carbocycles. The third-order valence-corrected chi connectivity index (χ3v) is 4.37. The summed E-state index contributed by atoms with van der Waals surface area (Å²) in [4.78, 5) is 18.6. The van der Waals surface area contributed by atoms with Crippen LogP contribution in [0.15, 0.2) is 42.6 Å². The van der Waals surface area contributed by atoms with Crippen molar-refractivity contribution in [2.45, 2.75) is 45.8 Å². The molecule has 0 bridgehead atoms. The second kappa shape index (κ2) is 7.96. The van der Waals surface area contributed by atoms with Crippen molar-refractivity contribution in [1.29, 1.82) is 0 Å². The van der Waals surface area contributed by atoms with E-state index in [1.54, 1.807) is 23.2 Å². The maximum absolute atomic E-state index is 12.5. The van der Waals surface area contributed by atoms with Gasteiger partial charge in [0.05, 0.1) is 30.1 Å². The molecular weight excluding hydrogens is 342 g/mol. The summed E-state index contributed by atoms with van der Waals surface area (Å²) < 4.78 is 11.6. The van der Waals surface area contributed by atoms with Crippen LogP contribution < -0.4 is 10.1 Å². The summed E-state index contributed by atoms with van der Waals surface area (Å²) in [5.74, 6) is 1.24. The van der Waals surface area contributed by atoms with Crippen LogP contribution in [0.2, 0.25) is 0 Å². The van der Waals surface area contributed by atoms with Crippen LogP contribution in [0.4, 0.5) is 10.5 Å². The highest BCUT2D eigenvalue weighted by molar-refractivity contribution is 5.89. The SMILES string of the molecule is CCc1cccc(Oc2ccc(NC(=O)N3C[C@H](C)OC(C)(C)C3)cn2)c1. The first-order chi connectivity index (χ1) is 12.8. The lowest BCUT2D eigenvalue weighted by Gasteiger charge is -2.41. The summed E-state index contributed by atoms with van der Waals surface area (Å²) in [6.07, 6.45) is 2.56. The molecule has 6 heteroatoms. The molecule has 1 aliphatic heterocycles. The molecule has 2 heterocycles. The second-order valence-corrected chi connectivity index (χ2v) is 7.49. The van der Waals surface area contributed by atoms with Crippen molar-refractivity contribution in [3.8, 4) is 11.6 Å². The van der Waals surface area contributed by atoms with E-state index in [0.29, 0.717) is 24.7 Å². The maximum Gasteiger partial charge on any atom is 0.322 e. The summed E-state index contributed by atoms with van der Waals surface area (Å²) in [7, 11) is 0. The van der Waals surface area contributed by atoms with E-state index in [2.05, 4.69) is 23.3 Å². The van der Waals surface area contributed by atoms with Gasteiger partial charge in [-0.15, -0.1) is 0 Å². The van der Waals surface area contributed by atoms with Gasteiger partial charge in [-0.1, -0.05) is 19.1 Å². The average Bonchev–Trinajstić information content (AvgIpc) is 2.62. The highest BCUT2D eigenvalue weighted by atomic mass is 16.5. The highest BCUT2D eigenvalue weighted by Crippen LogP contribution is 2.23. The lowest BCUT2D eigenvalue weighted by molar-refractivity contribution is -0.116. The molecule has 6 nitrogen and oxygen atoms in total. The van der Waals surface area contributed by atoms with Crippen LogP contribution in [0.3, 0.4) is 0 Å². The largest absolute Gasteiger partial charge is 0.439 e. The van der Waals surface area contributed by atoms with Gasteiger partial charge in [0.15, 0.2) is 0 Å². The molecule has 3 rings (SSSR count). The lowest BCUT2D eigenvalue weighted by Crippen LogP contribution is -2.54. The normalized spacial score (nSPS) is 18.8. The minimum absolute atomic E-state index is 0.00675. The van der Waals surface area contributed by atoms with Gasteiger partial charge in [0, 0.05) is 12.6 Å². The number of ether oxygens (including phenoxy) is 2. The summed E-state index contributed by atoms with van der Waals surface area (Å²) in [5, 5.41) is 2.89. The molecule has 1 aromatic carbocycles. The van der Waals surface area contributed by atoms with Crippen LogP contribution in [0.5, 0.6) is 11.6 Å². The number of benzene rings is 1. The fraction of sp³-hybridized carbons (Fsp3) is 0.429. The zero-order valence-corrected chi connectivity index (χ0v) is 16.4. The minimum atomic E-state index is -0.349. The molecule has 27 heavy (non-hydrogen) atoms. The first-order valence-corrected chi connectivity index (χ1v) is 9.31. The number of nitrogens with zero attached hydrogens (tertiary/aromatic N) is 2. The van der Waals surface area contributed by atoms with Crippen LogP contribution in [-0.2, 0) is 11.2 Å². The van der Waals surface area contributed by atoms with Crippen molar-refractivity contribution < 1.29 is 14.3 Å². The number of pyridine rings is 1. The number of hydrogen-bond donors (Lipinski definition) is 1. The number of amides is 2. The number of morpholine rings is 1. The van der Waals surface area contributed by atoms with Crippen molar-refractivity contribution in [2.75, 3.05) is 18.4 Å². The molecule has 1 saturated heterocycles. The highest BCUT2D eigenvalue weighted by Gasteiger charge is 2.33. The molecule has 1 fully saturated rings. The third-order valence-electron chi connectivity index (χ3n) is 4.37. The zero-order chi connectivity index (χ0) is 19.4. The number of hydrogen-bond acceptors (Lipinski definition) is 4. The molecule has 0 unspecified atom stereocenters. The zero-order valence-electron chi connectivity index (χ0n) is 16.4. The molecule has 2 aromatic rings. The van der Waals surface area contributed by atoms with E-state index in [4.69, 9.17) is 9.47 Å². The van der Waals surface area contributed by atoms with Gasteiger partial charge >= 0.3 is 6.03 Å². The van der Waals surface area contributed by atoms with E-state index in [1.165, 1.54) is 5.56 Å².